The van der Waals surface area contributed by atoms with Crippen molar-refractivity contribution in [1.29, 1.82) is 0 Å². The van der Waals surface area contributed by atoms with E-state index in [1.807, 2.05) is 6.92 Å². The average Bonchev–Trinajstić information content (AvgIpc) is 2.79. The van der Waals surface area contributed by atoms with Gasteiger partial charge in [0.2, 0.25) is 0 Å². The predicted octanol–water partition coefficient (Wildman–Crippen LogP) is -0.0653. The van der Waals surface area contributed by atoms with Crippen molar-refractivity contribution < 1.29 is 24.5 Å². The monoisotopic (exact) mass is 274 g/mol. The van der Waals surface area contributed by atoms with Gasteiger partial charge in [0.05, 0.1) is 12.2 Å². The first kappa shape index (κ1) is 15.7. The summed E-state index contributed by atoms with van der Waals surface area (Å²) in [6.45, 7) is 4.47. The molecule has 4 atom stereocenters. The van der Waals surface area contributed by atoms with E-state index in [-0.39, 0.29) is 12.0 Å². The average molecular weight is 274 g/mol. The third-order valence-corrected chi connectivity index (χ3v) is 3.31. The fourth-order valence-electron chi connectivity index (χ4n) is 2.18. The zero-order valence-electron chi connectivity index (χ0n) is 11.3. The fraction of sp³-hybridized carbons (Fsp3) is 0.833. The summed E-state index contributed by atoms with van der Waals surface area (Å²) in [5, 5.41) is 22.9. The highest BCUT2D eigenvalue weighted by atomic mass is 16.5. The predicted molar refractivity (Wildman–Crippen MR) is 67.8 cm³/mol. The zero-order valence-corrected chi connectivity index (χ0v) is 11.3. The minimum Gasteiger partial charge on any atom is -0.480 e. The van der Waals surface area contributed by atoms with Crippen LogP contribution in [0.5, 0.6) is 0 Å². The Kier molecular flexibility index (Phi) is 6.04. The lowest BCUT2D eigenvalue weighted by Gasteiger charge is -2.20. The van der Waals surface area contributed by atoms with Crippen molar-refractivity contribution in [1.82, 2.24) is 10.6 Å². The molecule has 1 heterocycles. The van der Waals surface area contributed by atoms with Crippen LogP contribution in [0.3, 0.4) is 0 Å². The number of ether oxygens (including phenoxy) is 1. The Balaban J connectivity index is 2.36. The third kappa shape index (κ3) is 4.68. The van der Waals surface area contributed by atoms with Crippen LogP contribution >= 0.6 is 0 Å². The molecule has 0 aromatic heterocycles. The third-order valence-electron chi connectivity index (χ3n) is 3.31. The van der Waals surface area contributed by atoms with E-state index in [2.05, 4.69) is 10.6 Å². The molecule has 2 amide bonds. The molecule has 1 fully saturated rings. The Hall–Kier alpha value is -1.34. The van der Waals surface area contributed by atoms with E-state index in [1.54, 1.807) is 0 Å². The molecule has 0 spiro atoms. The van der Waals surface area contributed by atoms with Crippen LogP contribution < -0.4 is 10.6 Å². The van der Waals surface area contributed by atoms with Gasteiger partial charge in [-0.3, -0.25) is 0 Å². The van der Waals surface area contributed by atoms with Gasteiger partial charge in [0.1, 0.15) is 0 Å². The van der Waals surface area contributed by atoms with Crippen molar-refractivity contribution >= 4 is 12.0 Å². The summed E-state index contributed by atoms with van der Waals surface area (Å²) in [5.41, 5.74) is 0. The Labute approximate surface area is 112 Å². The van der Waals surface area contributed by atoms with Gasteiger partial charge in [0.25, 0.3) is 0 Å². The van der Waals surface area contributed by atoms with Gasteiger partial charge in [-0.1, -0.05) is 6.92 Å². The molecule has 0 aromatic carbocycles. The number of carbonyl (C=O) groups is 2. The maximum atomic E-state index is 11.6. The summed E-state index contributed by atoms with van der Waals surface area (Å²) in [6.07, 6.45) is 0.769. The summed E-state index contributed by atoms with van der Waals surface area (Å²) in [6, 6.07) is -1.89. The summed E-state index contributed by atoms with van der Waals surface area (Å²) in [4.78, 5) is 22.4. The molecular weight excluding hydrogens is 252 g/mol. The molecule has 110 valence electrons. The number of nitrogens with one attached hydrogen (secondary N) is 2. The molecule has 0 aliphatic carbocycles. The molecule has 0 radical (unpaired) electrons. The van der Waals surface area contributed by atoms with Crippen LogP contribution in [0.4, 0.5) is 4.79 Å². The smallest absolute Gasteiger partial charge is 0.328 e. The van der Waals surface area contributed by atoms with Gasteiger partial charge in [0.15, 0.2) is 6.04 Å². The number of aliphatic carboxylic acids is 1. The molecule has 4 N–H and O–H groups in total. The number of carboxylic acids is 1. The molecule has 7 heteroatoms. The summed E-state index contributed by atoms with van der Waals surface area (Å²) in [7, 11) is 0. The maximum absolute atomic E-state index is 11.6. The number of aliphatic hydroxyl groups excluding tert-OH is 1. The maximum Gasteiger partial charge on any atom is 0.328 e. The van der Waals surface area contributed by atoms with Crippen LogP contribution in [0.2, 0.25) is 0 Å². The van der Waals surface area contributed by atoms with Crippen LogP contribution in [-0.2, 0) is 9.53 Å². The first-order valence-electron chi connectivity index (χ1n) is 6.52. The number of hydrogen-bond acceptors (Lipinski definition) is 4. The first-order chi connectivity index (χ1) is 8.95. The number of hydrogen-bond donors (Lipinski definition) is 4. The molecular formula is C12H22N2O5. The van der Waals surface area contributed by atoms with Gasteiger partial charge >= 0.3 is 12.0 Å². The van der Waals surface area contributed by atoms with Crippen molar-refractivity contribution in [3.05, 3.63) is 0 Å². The van der Waals surface area contributed by atoms with Gasteiger partial charge < -0.3 is 25.6 Å². The summed E-state index contributed by atoms with van der Waals surface area (Å²) in [5.74, 6) is -1.01. The lowest BCUT2D eigenvalue weighted by atomic mass is 10.00. The minimum absolute atomic E-state index is 0.146. The quantitative estimate of drug-likeness (QED) is 0.542. The molecule has 0 saturated carbocycles. The van der Waals surface area contributed by atoms with E-state index in [4.69, 9.17) is 9.84 Å². The van der Waals surface area contributed by atoms with E-state index >= 15 is 0 Å². The number of aliphatic hydroxyl groups is 1. The highest BCUT2D eigenvalue weighted by molar-refractivity contribution is 5.82. The van der Waals surface area contributed by atoms with Crippen molar-refractivity contribution in [3.63, 3.8) is 0 Å². The fourth-order valence-corrected chi connectivity index (χ4v) is 2.18. The molecule has 0 bridgehead atoms. The van der Waals surface area contributed by atoms with Crippen molar-refractivity contribution in [3.8, 4) is 0 Å². The lowest BCUT2D eigenvalue weighted by molar-refractivity contribution is -0.141. The molecule has 19 heavy (non-hydrogen) atoms. The Morgan fingerprint density at radius 2 is 2.16 bits per heavy atom. The molecule has 1 saturated heterocycles. The summed E-state index contributed by atoms with van der Waals surface area (Å²) >= 11 is 0. The van der Waals surface area contributed by atoms with Crippen molar-refractivity contribution in [2.75, 3.05) is 13.2 Å². The van der Waals surface area contributed by atoms with E-state index in [0.717, 1.165) is 12.8 Å². The van der Waals surface area contributed by atoms with Gasteiger partial charge in [-0.15, -0.1) is 0 Å². The second kappa shape index (κ2) is 7.30. The number of rotatable bonds is 6. The van der Waals surface area contributed by atoms with Gasteiger partial charge in [-0.2, -0.15) is 0 Å². The number of amides is 2. The number of urea groups is 1. The topological polar surface area (TPSA) is 108 Å². The SMILES string of the molecule is CCC1OCCC1CNC(=O)NC(C(=O)O)C(C)O. The van der Waals surface area contributed by atoms with Crippen LogP contribution in [0.15, 0.2) is 0 Å². The van der Waals surface area contributed by atoms with Crippen LogP contribution in [0.1, 0.15) is 26.7 Å². The second-order valence-electron chi connectivity index (χ2n) is 4.78. The Morgan fingerprint density at radius 1 is 1.47 bits per heavy atom. The lowest BCUT2D eigenvalue weighted by Crippen LogP contribution is -2.52. The first-order valence-corrected chi connectivity index (χ1v) is 6.52. The van der Waals surface area contributed by atoms with E-state index in [1.165, 1.54) is 6.92 Å². The molecule has 1 aliphatic rings. The van der Waals surface area contributed by atoms with Crippen LogP contribution in [0, 0.1) is 5.92 Å². The van der Waals surface area contributed by atoms with Crippen LogP contribution in [-0.4, -0.2) is 53.6 Å². The minimum atomic E-state index is -1.30. The van der Waals surface area contributed by atoms with E-state index in [0.29, 0.717) is 13.2 Å². The Morgan fingerprint density at radius 3 is 2.68 bits per heavy atom. The Bertz CT molecular complexity index is 321. The molecule has 1 rings (SSSR count). The van der Waals surface area contributed by atoms with E-state index < -0.39 is 24.1 Å². The molecule has 1 aliphatic heterocycles. The molecule has 4 unspecified atom stereocenters. The van der Waals surface area contributed by atoms with Gasteiger partial charge in [-0.05, 0) is 19.8 Å². The van der Waals surface area contributed by atoms with Gasteiger partial charge in [0, 0.05) is 19.1 Å². The largest absolute Gasteiger partial charge is 0.480 e. The van der Waals surface area contributed by atoms with Crippen LogP contribution in [0.25, 0.3) is 0 Å². The highest BCUT2D eigenvalue weighted by Crippen LogP contribution is 2.22. The molecule has 7 nitrogen and oxygen atoms in total. The number of carboxylic acid groups (broad SMARTS) is 1. The zero-order chi connectivity index (χ0) is 14.4. The standard InChI is InChI=1S/C12H22N2O5/c1-3-9-8(4-5-19-9)6-13-12(18)14-10(7(2)15)11(16)17/h7-10,15H,3-6H2,1-2H3,(H,16,17)(H2,13,14,18). The highest BCUT2D eigenvalue weighted by Gasteiger charge is 2.28. The van der Waals surface area contributed by atoms with E-state index in [9.17, 15) is 14.7 Å². The normalized spacial score (nSPS) is 25.6. The van der Waals surface area contributed by atoms with Crippen molar-refractivity contribution in [2.24, 2.45) is 5.92 Å². The molecule has 0 aromatic rings. The summed E-state index contributed by atoms with van der Waals surface area (Å²) < 4.78 is 5.50. The van der Waals surface area contributed by atoms with Gasteiger partial charge in [-0.25, -0.2) is 9.59 Å². The van der Waals surface area contributed by atoms with Crippen molar-refractivity contribution in [2.45, 2.75) is 44.9 Å². The number of carbonyl (C=O) groups excluding carboxylic acids is 1. The second-order valence-corrected chi connectivity index (χ2v) is 4.78.